The normalized spacial score (nSPS) is 22.1. The first-order chi connectivity index (χ1) is 10.6. The molecule has 120 valence electrons. The van der Waals surface area contributed by atoms with Crippen LogP contribution in [0.4, 0.5) is 0 Å². The van der Waals surface area contributed by atoms with E-state index in [-0.39, 0.29) is 11.3 Å². The van der Waals surface area contributed by atoms with Crippen LogP contribution in [0.3, 0.4) is 0 Å². The molecule has 2 N–H and O–H groups in total. The van der Waals surface area contributed by atoms with Gasteiger partial charge in [-0.25, -0.2) is 0 Å². The zero-order valence-electron chi connectivity index (χ0n) is 13.6. The molecule has 1 aromatic carbocycles. The molecule has 0 spiro atoms. The van der Waals surface area contributed by atoms with Crippen molar-refractivity contribution in [2.75, 3.05) is 26.7 Å². The number of aryl methyl sites for hydroxylation is 1. The van der Waals surface area contributed by atoms with Crippen molar-refractivity contribution >= 4 is 5.91 Å². The van der Waals surface area contributed by atoms with Gasteiger partial charge in [-0.05, 0) is 56.8 Å². The second-order valence-corrected chi connectivity index (χ2v) is 6.73. The van der Waals surface area contributed by atoms with E-state index in [1.807, 2.05) is 0 Å². The molecule has 2 aliphatic rings. The van der Waals surface area contributed by atoms with E-state index in [0.29, 0.717) is 0 Å². The number of ether oxygens (including phenoxy) is 1. The summed E-state index contributed by atoms with van der Waals surface area (Å²) in [7, 11) is 1.65. The fourth-order valence-electron chi connectivity index (χ4n) is 3.63. The first-order valence-electron chi connectivity index (χ1n) is 8.22. The van der Waals surface area contributed by atoms with E-state index in [4.69, 9.17) is 4.74 Å². The maximum Gasteiger partial charge on any atom is 0.252 e. The smallest absolute Gasteiger partial charge is 0.252 e. The molecule has 0 atom stereocenters. The third-order valence-electron chi connectivity index (χ3n) is 5.37. The van der Waals surface area contributed by atoms with E-state index >= 15 is 0 Å². The molecule has 1 saturated heterocycles. The van der Waals surface area contributed by atoms with Gasteiger partial charge in [0.1, 0.15) is 5.60 Å². The van der Waals surface area contributed by atoms with E-state index in [0.717, 1.165) is 45.3 Å². The molecule has 1 heterocycles. The number of piperidine rings is 1. The van der Waals surface area contributed by atoms with Gasteiger partial charge in [0.15, 0.2) is 0 Å². The monoisotopic (exact) mass is 302 g/mol. The summed E-state index contributed by atoms with van der Waals surface area (Å²) in [5.74, 6) is 0.0522. The van der Waals surface area contributed by atoms with Crippen molar-refractivity contribution in [1.82, 2.24) is 10.6 Å². The Morgan fingerprint density at radius 1 is 1.23 bits per heavy atom. The molecular formula is C18H26N2O2. The van der Waals surface area contributed by atoms with Crippen molar-refractivity contribution in [3.8, 4) is 0 Å². The van der Waals surface area contributed by atoms with Gasteiger partial charge in [-0.15, -0.1) is 0 Å². The Morgan fingerprint density at radius 3 is 2.50 bits per heavy atom. The predicted octanol–water partition coefficient (Wildman–Crippen LogP) is 1.91. The highest BCUT2D eigenvalue weighted by molar-refractivity contribution is 5.85. The van der Waals surface area contributed by atoms with E-state index in [9.17, 15) is 4.79 Å². The van der Waals surface area contributed by atoms with Crippen molar-refractivity contribution in [1.29, 1.82) is 0 Å². The van der Waals surface area contributed by atoms with Gasteiger partial charge in [0, 0.05) is 19.1 Å². The van der Waals surface area contributed by atoms with E-state index in [1.165, 1.54) is 11.1 Å². The molecule has 1 amide bonds. The molecule has 0 radical (unpaired) electrons. The summed E-state index contributed by atoms with van der Waals surface area (Å²) in [5, 5.41) is 6.47. The van der Waals surface area contributed by atoms with Gasteiger partial charge in [0.25, 0.3) is 5.91 Å². The van der Waals surface area contributed by atoms with Crippen LogP contribution in [0.1, 0.15) is 36.8 Å². The van der Waals surface area contributed by atoms with Crippen molar-refractivity contribution in [2.45, 2.75) is 43.6 Å². The number of amides is 1. The largest absolute Gasteiger partial charge is 0.368 e. The van der Waals surface area contributed by atoms with Crippen LogP contribution in [0, 0.1) is 6.92 Å². The first kappa shape index (κ1) is 15.5. The zero-order valence-corrected chi connectivity index (χ0v) is 13.6. The van der Waals surface area contributed by atoms with E-state index in [1.54, 1.807) is 7.11 Å². The highest BCUT2D eigenvalue weighted by Crippen LogP contribution is 2.48. The van der Waals surface area contributed by atoms with Gasteiger partial charge in [-0.3, -0.25) is 4.79 Å². The first-order valence-corrected chi connectivity index (χ1v) is 8.22. The minimum absolute atomic E-state index is 0.0522. The molecule has 0 bridgehead atoms. The lowest BCUT2D eigenvalue weighted by Gasteiger charge is -2.35. The van der Waals surface area contributed by atoms with E-state index < -0.39 is 5.60 Å². The average molecular weight is 302 g/mol. The maximum atomic E-state index is 12.7. The average Bonchev–Trinajstić information content (AvgIpc) is 3.34. The highest BCUT2D eigenvalue weighted by atomic mass is 16.5. The van der Waals surface area contributed by atoms with Crippen molar-refractivity contribution in [3.63, 3.8) is 0 Å². The summed E-state index contributed by atoms with van der Waals surface area (Å²) >= 11 is 0. The lowest BCUT2D eigenvalue weighted by molar-refractivity contribution is -0.146. The molecule has 0 aromatic heterocycles. The van der Waals surface area contributed by atoms with Crippen LogP contribution < -0.4 is 10.6 Å². The second kappa shape index (κ2) is 6.01. The summed E-state index contributed by atoms with van der Waals surface area (Å²) in [6, 6.07) is 8.52. The van der Waals surface area contributed by atoms with Crippen LogP contribution in [0.15, 0.2) is 24.3 Å². The Hall–Kier alpha value is -1.39. The second-order valence-electron chi connectivity index (χ2n) is 6.73. The molecule has 2 fully saturated rings. The van der Waals surface area contributed by atoms with Crippen LogP contribution in [0.25, 0.3) is 0 Å². The van der Waals surface area contributed by atoms with Crippen LogP contribution in [0.2, 0.25) is 0 Å². The van der Waals surface area contributed by atoms with Crippen LogP contribution in [-0.4, -0.2) is 38.3 Å². The topological polar surface area (TPSA) is 50.4 Å². The number of methoxy groups -OCH3 is 1. The zero-order chi connectivity index (χ0) is 15.6. The summed E-state index contributed by atoms with van der Waals surface area (Å²) < 4.78 is 5.60. The van der Waals surface area contributed by atoms with Crippen molar-refractivity contribution in [2.24, 2.45) is 0 Å². The number of hydrogen-bond donors (Lipinski definition) is 2. The Balaban J connectivity index is 1.67. The predicted molar refractivity (Wildman–Crippen MR) is 86.9 cm³/mol. The highest BCUT2D eigenvalue weighted by Gasteiger charge is 2.47. The number of carbonyl (C=O) groups is 1. The number of nitrogens with one attached hydrogen (secondary N) is 2. The lowest BCUT2D eigenvalue weighted by Crippen LogP contribution is -2.55. The number of rotatable bonds is 5. The standard InChI is InChI=1S/C18H26N2O2/c1-14-5-3-4-6-15(14)17(7-8-17)13-20-16(21)18(22-2)9-11-19-12-10-18/h3-6,19H,7-13H2,1-2H3,(H,20,21). The minimum Gasteiger partial charge on any atom is -0.368 e. The van der Waals surface area contributed by atoms with Crippen molar-refractivity contribution in [3.05, 3.63) is 35.4 Å². The third kappa shape index (κ3) is 2.77. The summed E-state index contributed by atoms with van der Waals surface area (Å²) in [4.78, 5) is 12.7. The Kier molecular flexibility index (Phi) is 4.24. The molecule has 1 saturated carbocycles. The fraction of sp³-hybridized carbons (Fsp3) is 0.611. The molecule has 4 heteroatoms. The Bertz CT molecular complexity index is 546. The van der Waals surface area contributed by atoms with Crippen molar-refractivity contribution < 1.29 is 9.53 Å². The molecule has 22 heavy (non-hydrogen) atoms. The number of hydrogen-bond acceptors (Lipinski definition) is 3. The fourth-order valence-corrected chi connectivity index (χ4v) is 3.63. The van der Waals surface area contributed by atoms with Crippen LogP contribution >= 0.6 is 0 Å². The van der Waals surface area contributed by atoms with E-state index in [2.05, 4.69) is 41.8 Å². The van der Waals surface area contributed by atoms with Gasteiger partial charge >= 0.3 is 0 Å². The maximum absolute atomic E-state index is 12.7. The summed E-state index contributed by atoms with van der Waals surface area (Å²) in [6.45, 7) is 4.55. The Labute approximate surface area is 132 Å². The quantitative estimate of drug-likeness (QED) is 0.873. The molecule has 1 aromatic rings. The van der Waals surface area contributed by atoms with Gasteiger partial charge in [0.05, 0.1) is 0 Å². The molecule has 0 unspecified atom stereocenters. The van der Waals surface area contributed by atoms with Crippen LogP contribution in [0.5, 0.6) is 0 Å². The van der Waals surface area contributed by atoms with Gasteiger partial charge in [-0.1, -0.05) is 24.3 Å². The molecule has 3 rings (SSSR count). The van der Waals surface area contributed by atoms with Gasteiger partial charge in [-0.2, -0.15) is 0 Å². The minimum atomic E-state index is -0.646. The van der Waals surface area contributed by atoms with Crippen LogP contribution in [-0.2, 0) is 14.9 Å². The van der Waals surface area contributed by atoms with Gasteiger partial charge in [0.2, 0.25) is 0 Å². The summed E-state index contributed by atoms with van der Waals surface area (Å²) in [5.41, 5.74) is 2.19. The van der Waals surface area contributed by atoms with Gasteiger partial charge < -0.3 is 15.4 Å². The third-order valence-corrected chi connectivity index (χ3v) is 5.37. The molecule has 1 aliphatic heterocycles. The summed E-state index contributed by atoms with van der Waals surface area (Å²) in [6.07, 6.45) is 3.79. The Morgan fingerprint density at radius 2 is 1.91 bits per heavy atom. The molecular weight excluding hydrogens is 276 g/mol. The number of carbonyl (C=O) groups excluding carboxylic acids is 1. The lowest BCUT2D eigenvalue weighted by atomic mass is 9.89. The molecule has 1 aliphatic carbocycles. The molecule has 4 nitrogen and oxygen atoms in total. The SMILES string of the molecule is COC1(C(=O)NCC2(c3ccccc3C)CC2)CCNCC1. The number of benzene rings is 1.